The first-order valence-corrected chi connectivity index (χ1v) is 6.99. The van der Waals surface area contributed by atoms with Crippen LogP contribution in [0, 0.1) is 0 Å². The quantitative estimate of drug-likeness (QED) is 0.196. The van der Waals surface area contributed by atoms with Crippen molar-refractivity contribution in [3.05, 3.63) is 42.0 Å². The number of aliphatic hydroxyl groups excluding tert-OH is 1. The third-order valence-corrected chi connectivity index (χ3v) is 3.99. The van der Waals surface area contributed by atoms with E-state index >= 15 is 0 Å². The number of hydrogen-bond donors (Lipinski definition) is 3. The van der Waals surface area contributed by atoms with Crippen LogP contribution in [-0.4, -0.2) is 28.5 Å². The summed E-state index contributed by atoms with van der Waals surface area (Å²) < 4.78 is 0. The first-order chi connectivity index (χ1) is 9.27. The molecule has 2 rings (SSSR count). The fraction of sp³-hybridized carbons (Fsp3) is 0.214. The number of rotatable bonds is 5. The van der Waals surface area contributed by atoms with Crippen molar-refractivity contribution in [3.8, 4) is 0 Å². The van der Waals surface area contributed by atoms with E-state index in [0.717, 1.165) is 33.4 Å². The Bertz CT molecular complexity index is 599. The van der Waals surface area contributed by atoms with Crippen LogP contribution in [0.2, 0.25) is 0 Å². The van der Waals surface area contributed by atoms with Crippen molar-refractivity contribution >= 4 is 28.4 Å². The molecule has 0 saturated heterocycles. The number of amidine groups is 1. The van der Waals surface area contributed by atoms with Gasteiger partial charge in [0.1, 0.15) is 0 Å². The maximum absolute atomic E-state index is 8.83. The van der Waals surface area contributed by atoms with E-state index in [4.69, 9.17) is 16.0 Å². The summed E-state index contributed by atoms with van der Waals surface area (Å²) in [6.07, 6.45) is 0.765. The predicted molar refractivity (Wildman–Crippen MR) is 78.9 cm³/mol. The Morgan fingerprint density at radius 3 is 2.58 bits per heavy atom. The molecule has 5 heteroatoms. The van der Waals surface area contributed by atoms with E-state index in [-0.39, 0.29) is 12.4 Å². The minimum Gasteiger partial charge on any atom is -0.409 e. The topological polar surface area (TPSA) is 78.8 Å². The van der Waals surface area contributed by atoms with Crippen LogP contribution in [0.4, 0.5) is 0 Å². The molecule has 0 radical (unpaired) electrons. The molecule has 0 spiro atoms. The number of aliphatic hydroxyl groups is 1. The Labute approximate surface area is 115 Å². The van der Waals surface area contributed by atoms with E-state index in [9.17, 15) is 0 Å². The molecule has 0 aromatic heterocycles. The summed E-state index contributed by atoms with van der Waals surface area (Å²) in [6.45, 7) is 0.202. The monoisotopic (exact) mass is 276 g/mol. The lowest BCUT2D eigenvalue weighted by Gasteiger charge is -2.10. The van der Waals surface area contributed by atoms with E-state index in [1.807, 2.05) is 36.4 Å². The molecule has 0 fully saturated rings. The molecule has 19 heavy (non-hydrogen) atoms. The van der Waals surface area contributed by atoms with E-state index < -0.39 is 0 Å². The van der Waals surface area contributed by atoms with Gasteiger partial charge in [0.15, 0.2) is 5.84 Å². The van der Waals surface area contributed by atoms with Crippen LogP contribution >= 0.6 is 11.8 Å². The molecule has 0 amide bonds. The minimum absolute atomic E-state index is 0.114. The zero-order chi connectivity index (χ0) is 13.7. The average molecular weight is 276 g/mol. The van der Waals surface area contributed by atoms with Crippen LogP contribution in [0.1, 0.15) is 12.0 Å². The molecular weight excluding hydrogens is 260 g/mol. The number of benzene rings is 2. The smallest absolute Gasteiger partial charge is 0.170 e. The average Bonchev–Trinajstić information content (AvgIpc) is 2.47. The molecule has 0 bridgehead atoms. The van der Waals surface area contributed by atoms with Crippen molar-refractivity contribution in [2.75, 3.05) is 12.4 Å². The lowest BCUT2D eigenvalue weighted by atomic mass is 10.0. The fourth-order valence-electron chi connectivity index (χ4n) is 1.92. The minimum atomic E-state index is 0.114. The summed E-state index contributed by atoms with van der Waals surface area (Å²) in [7, 11) is 0. The summed E-state index contributed by atoms with van der Waals surface area (Å²) in [5.41, 5.74) is 6.42. The van der Waals surface area contributed by atoms with Crippen LogP contribution in [0.5, 0.6) is 0 Å². The van der Waals surface area contributed by atoms with Crippen LogP contribution in [0.3, 0.4) is 0 Å². The zero-order valence-electron chi connectivity index (χ0n) is 10.4. The van der Waals surface area contributed by atoms with Crippen molar-refractivity contribution < 1.29 is 10.3 Å². The maximum atomic E-state index is 8.83. The number of fused-ring (bicyclic) bond motifs is 1. The van der Waals surface area contributed by atoms with Gasteiger partial charge in [-0.1, -0.05) is 29.4 Å². The van der Waals surface area contributed by atoms with Crippen molar-refractivity contribution in [1.82, 2.24) is 0 Å². The van der Waals surface area contributed by atoms with E-state index in [1.165, 1.54) is 0 Å². The lowest BCUT2D eigenvalue weighted by Crippen LogP contribution is -2.13. The molecule has 4 nitrogen and oxygen atoms in total. The van der Waals surface area contributed by atoms with Crippen LogP contribution in [0.15, 0.2) is 46.4 Å². The van der Waals surface area contributed by atoms with Gasteiger partial charge in [-0.05, 0) is 29.3 Å². The molecule has 2 aromatic carbocycles. The molecule has 0 aliphatic rings. The summed E-state index contributed by atoms with van der Waals surface area (Å²) in [6, 6.07) is 11.7. The SMILES string of the molecule is N/C(=N/O)c1ccc(SCCCO)c2ccccc12. The van der Waals surface area contributed by atoms with Gasteiger partial charge in [0.05, 0.1) is 0 Å². The molecule has 100 valence electrons. The summed E-state index contributed by atoms with van der Waals surface area (Å²) in [5, 5.41) is 22.8. The van der Waals surface area contributed by atoms with Crippen LogP contribution in [-0.2, 0) is 0 Å². The van der Waals surface area contributed by atoms with Gasteiger partial charge < -0.3 is 16.0 Å². The third kappa shape index (κ3) is 3.00. The number of hydrogen-bond acceptors (Lipinski definition) is 4. The van der Waals surface area contributed by atoms with Crippen molar-refractivity contribution in [3.63, 3.8) is 0 Å². The summed E-state index contributed by atoms with van der Waals surface area (Å²) in [4.78, 5) is 1.14. The second-order valence-corrected chi connectivity index (χ2v) is 5.20. The van der Waals surface area contributed by atoms with Gasteiger partial charge in [-0.25, -0.2) is 0 Å². The van der Waals surface area contributed by atoms with Gasteiger partial charge >= 0.3 is 0 Å². The maximum Gasteiger partial charge on any atom is 0.170 e. The van der Waals surface area contributed by atoms with E-state index in [1.54, 1.807) is 11.8 Å². The Kier molecular flexibility index (Phi) is 4.65. The molecule has 0 heterocycles. The van der Waals surface area contributed by atoms with Crippen molar-refractivity contribution in [2.24, 2.45) is 10.9 Å². The second-order valence-electron chi connectivity index (χ2n) is 4.07. The molecular formula is C14H16N2O2S. The van der Waals surface area contributed by atoms with Crippen molar-refractivity contribution in [2.45, 2.75) is 11.3 Å². The highest BCUT2D eigenvalue weighted by Crippen LogP contribution is 2.30. The Morgan fingerprint density at radius 2 is 1.89 bits per heavy atom. The van der Waals surface area contributed by atoms with Crippen molar-refractivity contribution in [1.29, 1.82) is 0 Å². The normalized spacial score (nSPS) is 11.9. The highest BCUT2D eigenvalue weighted by molar-refractivity contribution is 7.99. The number of oxime groups is 1. The highest BCUT2D eigenvalue weighted by atomic mass is 32.2. The van der Waals surface area contributed by atoms with E-state index in [0.29, 0.717) is 0 Å². The Balaban J connectivity index is 2.46. The number of nitrogens with two attached hydrogens (primary N) is 1. The molecule has 4 N–H and O–H groups in total. The number of nitrogens with zero attached hydrogens (tertiary/aromatic N) is 1. The van der Waals surface area contributed by atoms with Gasteiger partial charge in [-0.15, -0.1) is 11.8 Å². The van der Waals surface area contributed by atoms with Gasteiger partial charge in [0, 0.05) is 22.8 Å². The molecule has 2 aromatic rings. The van der Waals surface area contributed by atoms with Crippen LogP contribution in [0.25, 0.3) is 10.8 Å². The molecule has 0 aliphatic carbocycles. The zero-order valence-corrected chi connectivity index (χ0v) is 11.2. The Hall–Kier alpha value is -1.72. The number of thioether (sulfide) groups is 1. The second kappa shape index (κ2) is 6.45. The van der Waals surface area contributed by atoms with Gasteiger partial charge in [0.25, 0.3) is 0 Å². The van der Waals surface area contributed by atoms with E-state index in [2.05, 4.69) is 5.16 Å². The first kappa shape index (κ1) is 13.7. The fourth-order valence-corrected chi connectivity index (χ4v) is 2.91. The molecule has 0 aliphatic heterocycles. The third-order valence-electron chi connectivity index (χ3n) is 2.83. The van der Waals surface area contributed by atoms with Crippen LogP contribution < -0.4 is 5.73 Å². The largest absolute Gasteiger partial charge is 0.409 e. The van der Waals surface area contributed by atoms with Gasteiger partial charge in [-0.2, -0.15) is 0 Å². The standard InChI is InChI=1S/C14H16N2O2S/c15-14(16-18)12-6-7-13(19-9-3-8-17)11-5-2-1-4-10(11)12/h1-2,4-7,17-18H,3,8-9H2,(H2,15,16). The first-order valence-electron chi connectivity index (χ1n) is 6.01. The lowest BCUT2D eigenvalue weighted by molar-refractivity contribution is 0.296. The van der Waals surface area contributed by atoms with Gasteiger partial charge in [0.2, 0.25) is 0 Å². The summed E-state index contributed by atoms with van der Waals surface area (Å²) in [5.74, 6) is 0.978. The molecule has 0 unspecified atom stereocenters. The molecule has 0 saturated carbocycles. The highest BCUT2D eigenvalue weighted by Gasteiger charge is 2.09. The summed E-state index contributed by atoms with van der Waals surface area (Å²) >= 11 is 1.70. The molecule has 0 atom stereocenters. The van der Waals surface area contributed by atoms with Gasteiger partial charge in [-0.3, -0.25) is 0 Å². The Morgan fingerprint density at radius 1 is 1.16 bits per heavy atom. The predicted octanol–water partition coefficient (Wildman–Crippen LogP) is 2.41.